The summed E-state index contributed by atoms with van der Waals surface area (Å²) in [5.41, 5.74) is 1.84. The third kappa shape index (κ3) is 5.55. The van der Waals surface area contributed by atoms with Gasteiger partial charge in [0.1, 0.15) is 10.8 Å². The average Bonchev–Trinajstić information content (AvgIpc) is 3.15. The predicted molar refractivity (Wildman–Crippen MR) is 115 cm³/mol. The van der Waals surface area contributed by atoms with E-state index >= 15 is 0 Å². The van der Waals surface area contributed by atoms with E-state index in [0.717, 1.165) is 60.7 Å². The third-order valence-corrected chi connectivity index (χ3v) is 5.97. The predicted octanol–water partition coefficient (Wildman–Crippen LogP) is 3.94. The highest BCUT2D eigenvalue weighted by atomic mass is 32.1. The second kappa shape index (κ2) is 10.0. The van der Waals surface area contributed by atoms with Crippen LogP contribution in [0.1, 0.15) is 32.9 Å². The molecule has 6 heteroatoms. The van der Waals surface area contributed by atoms with Crippen molar-refractivity contribution in [2.24, 2.45) is 5.92 Å². The molecule has 5 nitrogen and oxygen atoms in total. The lowest BCUT2D eigenvalue weighted by atomic mass is 10.1. The van der Waals surface area contributed by atoms with Crippen LogP contribution in [0.2, 0.25) is 0 Å². The molecule has 28 heavy (non-hydrogen) atoms. The molecule has 1 aliphatic heterocycles. The van der Waals surface area contributed by atoms with E-state index in [1.807, 2.05) is 41.5 Å². The summed E-state index contributed by atoms with van der Waals surface area (Å²) in [6.45, 7) is 11.8. The number of nitrogens with zero attached hydrogens (tertiary/aromatic N) is 3. The van der Waals surface area contributed by atoms with Gasteiger partial charge in [-0.2, -0.15) is 0 Å². The largest absolute Gasteiger partial charge is 0.493 e. The van der Waals surface area contributed by atoms with E-state index in [1.54, 1.807) is 11.3 Å². The Labute approximate surface area is 172 Å². The van der Waals surface area contributed by atoms with Crippen LogP contribution >= 0.6 is 11.3 Å². The maximum absolute atomic E-state index is 12.7. The van der Waals surface area contributed by atoms with Crippen LogP contribution in [0.5, 0.6) is 5.75 Å². The number of thiazole rings is 1. The number of carbonyl (C=O) groups is 1. The number of hydrogen-bond acceptors (Lipinski definition) is 5. The van der Waals surface area contributed by atoms with Crippen LogP contribution in [0, 0.1) is 5.92 Å². The summed E-state index contributed by atoms with van der Waals surface area (Å²) >= 11 is 1.57. The first kappa shape index (κ1) is 20.8. The van der Waals surface area contributed by atoms with E-state index in [9.17, 15) is 4.79 Å². The molecule has 1 amide bonds. The maximum Gasteiger partial charge on any atom is 0.228 e. The lowest BCUT2D eigenvalue weighted by Gasteiger charge is -2.35. The molecule has 2 aromatic rings. The number of benzene rings is 1. The number of ether oxygens (including phenoxy) is 1. The summed E-state index contributed by atoms with van der Waals surface area (Å²) in [5.74, 6) is 1.75. The van der Waals surface area contributed by atoms with Crippen molar-refractivity contribution in [1.29, 1.82) is 0 Å². The summed E-state index contributed by atoms with van der Waals surface area (Å²) in [5, 5.41) is 2.90. The maximum atomic E-state index is 12.7. The van der Waals surface area contributed by atoms with Crippen molar-refractivity contribution in [2.45, 2.75) is 33.6 Å². The van der Waals surface area contributed by atoms with E-state index in [4.69, 9.17) is 9.72 Å². The number of hydrogen-bond donors (Lipinski definition) is 0. The van der Waals surface area contributed by atoms with Gasteiger partial charge in [0.25, 0.3) is 0 Å². The number of carbonyl (C=O) groups excluding carboxylic acids is 1. The van der Waals surface area contributed by atoms with Crippen LogP contribution in [0.4, 0.5) is 0 Å². The smallest absolute Gasteiger partial charge is 0.228 e. The topological polar surface area (TPSA) is 45.7 Å². The summed E-state index contributed by atoms with van der Waals surface area (Å²) in [6, 6.07) is 7.94. The number of piperazine rings is 1. The Bertz CT molecular complexity index is 767. The Hall–Kier alpha value is -1.92. The number of rotatable bonds is 8. The van der Waals surface area contributed by atoms with Gasteiger partial charge in [-0.15, -0.1) is 11.3 Å². The summed E-state index contributed by atoms with van der Waals surface area (Å²) < 4.78 is 5.71. The van der Waals surface area contributed by atoms with Crippen LogP contribution in [0.15, 0.2) is 29.6 Å². The van der Waals surface area contributed by atoms with E-state index in [0.29, 0.717) is 13.0 Å². The van der Waals surface area contributed by atoms with Gasteiger partial charge in [0, 0.05) is 31.6 Å². The molecule has 0 spiro atoms. The minimum Gasteiger partial charge on any atom is -0.493 e. The molecule has 2 heterocycles. The highest BCUT2D eigenvalue weighted by Crippen LogP contribution is 2.32. The van der Waals surface area contributed by atoms with Crippen molar-refractivity contribution < 1.29 is 9.53 Å². The normalized spacial score (nSPS) is 15.2. The average molecular weight is 402 g/mol. The fourth-order valence-corrected chi connectivity index (χ4v) is 4.21. The quantitative estimate of drug-likeness (QED) is 0.672. The van der Waals surface area contributed by atoms with Gasteiger partial charge in [0.15, 0.2) is 0 Å². The molecule has 0 saturated carbocycles. The van der Waals surface area contributed by atoms with Gasteiger partial charge in [0.05, 0.1) is 24.3 Å². The summed E-state index contributed by atoms with van der Waals surface area (Å²) in [7, 11) is 0. The second-order valence-electron chi connectivity index (χ2n) is 7.65. The summed E-state index contributed by atoms with van der Waals surface area (Å²) in [6.07, 6.45) is 1.60. The van der Waals surface area contributed by atoms with E-state index in [1.165, 1.54) is 6.42 Å². The molecule has 1 aliphatic rings. The standard InChI is InChI=1S/C22H31N3O2S/c1-4-27-20-8-6-5-7-19(20)22-23-18(16-28-22)15-21(26)25-13-11-24(12-14-25)10-9-17(2)3/h5-8,16-17H,4,9-15H2,1-3H3. The van der Waals surface area contributed by atoms with Gasteiger partial charge >= 0.3 is 0 Å². The Morgan fingerprint density at radius 3 is 2.68 bits per heavy atom. The third-order valence-electron chi connectivity index (χ3n) is 5.05. The molecule has 1 aromatic heterocycles. The molecule has 152 valence electrons. The van der Waals surface area contributed by atoms with Gasteiger partial charge < -0.3 is 9.64 Å². The van der Waals surface area contributed by atoms with Crippen molar-refractivity contribution in [3.8, 4) is 16.3 Å². The zero-order chi connectivity index (χ0) is 19.9. The molecular weight excluding hydrogens is 370 g/mol. The number of amides is 1. The molecule has 3 rings (SSSR count). The van der Waals surface area contributed by atoms with Crippen LogP contribution in [-0.2, 0) is 11.2 Å². The van der Waals surface area contributed by atoms with Gasteiger partial charge in [-0.1, -0.05) is 26.0 Å². The van der Waals surface area contributed by atoms with Gasteiger partial charge in [-0.3, -0.25) is 9.69 Å². The van der Waals surface area contributed by atoms with E-state index in [-0.39, 0.29) is 5.91 Å². The van der Waals surface area contributed by atoms with Crippen LogP contribution in [-0.4, -0.2) is 60.0 Å². The molecule has 0 bridgehead atoms. The zero-order valence-electron chi connectivity index (χ0n) is 17.2. The second-order valence-corrected chi connectivity index (χ2v) is 8.51. The molecule has 0 unspecified atom stereocenters. The van der Waals surface area contributed by atoms with Crippen LogP contribution in [0.25, 0.3) is 10.6 Å². The Morgan fingerprint density at radius 1 is 1.21 bits per heavy atom. The molecule has 1 fully saturated rings. The SMILES string of the molecule is CCOc1ccccc1-c1nc(CC(=O)N2CCN(CCC(C)C)CC2)cs1. The lowest BCUT2D eigenvalue weighted by Crippen LogP contribution is -2.49. The van der Waals surface area contributed by atoms with Crippen molar-refractivity contribution in [1.82, 2.24) is 14.8 Å². The van der Waals surface area contributed by atoms with Crippen LogP contribution in [0.3, 0.4) is 0 Å². The van der Waals surface area contributed by atoms with Gasteiger partial charge in [-0.05, 0) is 37.9 Å². The molecule has 0 radical (unpaired) electrons. The van der Waals surface area contributed by atoms with Gasteiger partial charge in [-0.25, -0.2) is 4.98 Å². The molecule has 1 saturated heterocycles. The monoisotopic (exact) mass is 401 g/mol. The fourth-order valence-electron chi connectivity index (χ4n) is 3.36. The first-order valence-corrected chi connectivity index (χ1v) is 11.1. The van der Waals surface area contributed by atoms with Gasteiger partial charge in [0.2, 0.25) is 5.91 Å². The van der Waals surface area contributed by atoms with Crippen LogP contribution < -0.4 is 4.74 Å². The molecule has 1 aromatic carbocycles. The fraction of sp³-hybridized carbons (Fsp3) is 0.545. The van der Waals surface area contributed by atoms with E-state index in [2.05, 4.69) is 18.7 Å². The minimum absolute atomic E-state index is 0.179. The Kier molecular flexibility index (Phi) is 7.45. The van der Waals surface area contributed by atoms with Crippen molar-refractivity contribution in [3.05, 3.63) is 35.3 Å². The first-order chi connectivity index (χ1) is 13.6. The highest BCUT2D eigenvalue weighted by molar-refractivity contribution is 7.13. The lowest BCUT2D eigenvalue weighted by molar-refractivity contribution is -0.132. The first-order valence-electron chi connectivity index (χ1n) is 10.2. The zero-order valence-corrected chi connectivity index (χ0v) is 18.0. The van der Waals surface area contributed by atoms with Crippen molar-refractivity contribution in [2.75, 3.05) is 39.3 Å². The molecule has 0 atom stereocenters. The molecule has 0 aliphatic carbocycles. The van der Waals surface area contributed by atoms with E-state index < -0.39 is 0 Å². The minimum atomic E-state index is 0.179. The molecule has 0 N–H and O–H groups in total. The highest BCUT2D eigenvalue weighted by Gasteiger charge is 2.22. The molecular formula is C22H31N3O2S. The Morgan fingerprint density at radius 2 is 1.96 bits per heavy atom. The van der Waals surface area contributed by atoms with Crippen molar-refractivity contribution >= 4 is 17.2 Å². The summed E-state index contributed by atoms with van der Waals surface area (Å²) in [4.78, 5) is 21.9. The Balaban J connectivity index is 1.55. The van der Waals surface area contributed by atoms with Crippen molar-refractivity contribution in [3.63, 3.8) is 0 Å². The number of aromatic nitrogens is 1. The number of para-hydroxylation sites is 1.